The minimum absolute atomic E-state index is 0.100. The van der Waals surface area contributed by atoms with Crippen molar-refractivity contribution in [2.45, 2.75) is 12.5 Å². The van der Waals surface area contributed by atoms with Gasteiger partial charge in [-0.05, 0) is 31.2 Å². The van der Waals surface area contributed by atoms with Crippen LogP contribution in [0, 0.1) is 0 Å². The lowest BCUT2D eigenvalue weighted by Gasteiger charge is -2.29. The molecule has 1 aromatic carbocycles. The Morgan fingerprint density at radius 1 is 1.24 bits per heavy atom. The molecule has 0 bridgehead atoms. The minimum Gasteiger partial charge on any atom is -0.307 e. The summed E-state index contributed by atoms with van der Waals surface area (Å²) in [6, 6.07) is 11.3. The van der Waals surface area contributed by atoms with Gasteiger partial charge in [0.2, 0.25) is 0 Å². The molecule has 0 radical (unpaired) electrons. The molecule has 1 atom stereocenters. The van der Waals surface area contributed by atoms with Crippen molar-refractivity contribution in [1.82, 2.24) is 19.5 Å². The Balaban J connectivity index is 2.08. The first-order valence-corrected chi connectivity index (χ1v) is 7.22. The average molecular weight is 301 g/mol. The Bertz CT molecular complexity index is 865. The molecule has 0 unspecified atom stereocenters. The Kier molecular flexibility index (Phi) is 2.83. The molecule has 3 aromatic rings. The van der Waals surface area contributed by atoms with E-state index in [-0.39, 0.29) is 11.6 Å². The molecule has 21 heavy (non-hydrogen) atoms. The molecule has 6 heteroatoms. The van der Waals surface area contributed by atoms with E-state index in [1.165, 1.54) is 0 Å². The Hall–Kier alpha value is -2.11. The second-order valence-corrected chi connectivity index (χ2v) is 5.49. The highest BCUT2D eigenvalue weighted by Crippen LogP contribution is 2.24. The Morgan fingerprint density at radius 2 is 2.00 bits per heavy atom. The molecule has 1 saturated heterocycles. The van der Waals surface area contributed by atoms with Gasteiger partial charge in [-0.25, -0.2) is 4.52 Å². The number of fused-ring (bicyclic) bond motifs is 1. The van der Waals surface area contributed by atoms with Crippen LogP contribution in [0.4, 0.5) is 0 Å². The van der Waals surface area contributed by atoms with Gasteiger partial charge in [-0.15, -0.1) is 0 Å². The van der Waals surface area contributed by atoms with Crippen molar-refractivity contribution in [2.24, 2.45) is 0 Å². The molecule has 4 rings (SSSR count). The van der Waals surface area contributed by atoms with Crippen LogP contribution in [0.1, 0.15) is 18.3 Å². The van der Waals surface area contributed by atoms with E-state index in [2.05, 4.69) is 10.4 Å². The van der Waals surface area contributed by atoms with E-state index in [1.54, 1.807) is 21.3 Å². The van der Waals surface area contributed by atoms with Gasteiger partial charge in [0.05, 0.1) is 16.8 Å². The van der Waals surface area contributed by atoms with Gasteiger partial charge in [0.1, 0.15) is 5.52 Å². The van der Waals surface area contributed by atoms with Gasteiger partial charge in [0.25, 0.3) is 5.56 Å². The number of hydrogen-bond acceptors (Lipinski definition) is 3. The molecular weight excluding hydrogens is 288 g/mol. The quantitative estimate of drug-likeness (QED) is 0.789. The van der Waals surface area contributed by atoms with Gasteiger partial charge in [-0.2, -0.15) is 5.10 Å². The first kappa shape index (κ1) is 12.6. The van der Waals surface area contributed by atoms with Crippen LogP contribution in [-0.4, -0.2) is 20.7 Å². The summed E-state index contributed by atoms with van der Waals surface area (Å²) in [6.07, 6.45) is 2.69. The number of nitrogens with zero attached hydrogens (tertiary/aromatic N) is 3. The van der Waals surface area contributed by atoms with Crippen molar-refractivity contribution in [3.05, 3.63) is 63.8 Å². The molecule has 0 spiro atoms. The van der Waals surface area contributed by atoms with Crippen LogP contribution in [0.25, 0.3) is 11.2 Å². The van der Waals surface area contributed by atoms with E-state index >= 15 is 0 Å². The largest absolute Gasteiger partial charge is 0.307 e. The van der Waals surface area contributed by atoms with Gasteiger partial charge >= 0.3 is 0 Å². The van der Waals surface area contributed by atoms with E-state index in [0.29, 0.717) is 10.5 Å². The minimum atomic E-state index is -0.144. The number of aromatic nitrogens is 3. The standard InChI is InChI=1S/C15H13ClN4O/c16-11-7-9-19-13(11)15(21)20(10-4-2-1-3-5-10)14(18-19)12-6-8-17-12/h1-5,7,9,12,17H,6,8H2/t12-/m0/s1. The highest BCUT2D eigenvalue weighted by Gasteiger charge is 2.26. The highest BCUT2D eigenvalue weighted by molar-refractivity contribution is 6.33. The topological polar surface area (TPSA) is 51.3 Å². The smallest absolute Gasteiger partial charge is 0.284 e. The van der Waals surface area contributed by atoms with Crippen molar-refractivity contribution in [1.29, 1.82) is 0 Å². The molecule has 1 aliphatic rings. The number of halogens is 1. The molecule has 3 heterocycles. The molecule has 1 N–H and O–H groups in total. The molecule has 1 aliphatic heterocycles. The number of rotatable bonds is 2. The maximum atomic E-state index is 12.9. The third-order valence-electron chi connectivity index (χ3n) is 3.81. The summed E-state index contributed by atoms with van der Waals surface area (Å²) in [5, 5.41) is 8.31. The summed E-state index contributed by atoms with van der Waals surface area (Å²) >= 11 is 6.13. The SMILES string of the molecule is O=c1c2c(Cl)ccn2nc([C@@H]2CCN2)n1-c1ccccc1. The van der Waals surface area contributed by atoms with Crippen molar-refractivity contribution < 1.29 is 0 Å². The zero-order valence-corrected chi connectivity index (χ0v) is 11.9. The number of para-hydroxylation sites is 1. The lowest BCUT2D eigenvalue weighted by Crippen LogP contribution is -2.40. The van der Waals surface area contributed by atoms with Gasteiger partial charge in [-0.1, -0.05) is 29.8 Å². The molecule has 106 valence electrons. The number of hydrogen-bond donors (Lipinski definition) is 1. The second kappa shape index (κ2) is 4.72. The summed E-state index contributed by atoms with van der Waals surface area (Å²) in [7, 11) is 0. The predicted octanol–water partition coefficient (Wildman–Crippen LogP) is 2.17. The van der Waals surface area contributed by atoms with E-state index < -0.39 is 0 Å². The molecule has 0 amide bonds. The van der Waals surface area contributed by atoms with Crippen LogP contribution in [0.3, 0.4) is 0 Å². The van der Waals surface area contributed by atoms with Crippen molar-refractivity contribution in [2.75, 3.05) is 6.54 Å². The number of benzene rings is 1. The summed E-state index contributed by atoms with van der Waals surface area (Å²) in [6.45, 7) is 0.944. The lowest BCUT2D eigenvalue weighted by molar-refractivity contribution is 0.354. The third kappa shape index (κ3) is 1.89. The second-order valence-electron chi connectivity index (χ2n) is 5.09. The van der Waals surface area contributed by atoms with E-state index in [1.807, 2.05) is 30.3 Å². The molecule has 0 saturated carbocycles. The van der Waals surface area contributed by atoms with Crippen LogP contribution in [-0.2, 0) is 0 Å². The maximum Gasteiger partial charge on any atom is 0.284 e. The van der Waals surface area contributed by atoms with Gasteiger partial charge in [0.15, 0.2) is 5.82 Å². The first-order valence-electron chi connectivity index (χ1n) is 6.84. The summed E-state index contributed by atoms with van der Waals surface area (Å²) in [4.78, 5) is 12.9. The molecule has 1 fully saturated rings. The zero-order chi connectivity index (χ0) is 14.4. The highest BCUT2D eigenvalue weighted by atomic mass is 35.5. The fourth-order valence-electron chi connectivity index (χ4n) is 2.61. The van der Waals surface area contributed by atoms with Gasteiger partial charge in [0, 0.05) is 6.20 Å². The Labute approximate surface area is 125 Å². The molecule has 0 aliphatic carbocycles. The fraction of sp³-hybridized carbons (Fsp3) is 0.200. The predicted molar refractivity (Wildman–Crippen MR) is 81.2 cm³/mol. The van der Waals surface area contributed by atoms with Crippen LogP contribution < -0.4 is 10.9 Å². The molecule has 5 nitrogen and oxygen atoms in total. The Morgan fingerprint density at radius 3 is 2.67 bits per heavy atom. The molecule has 2 aromatic heterocycles. The van der Waals surface area contributed by atoms with Crippen molar-refractivity contribution in [3.63, 3.8) is 0 Å². The van der Waals surface area contributed by atoms with Gasteiger partial charge in [-0.3, -0.25) is 9.36 Å². The zero-order valence-electron chi connectivity index (χ0n) is 11.2. The number of nitrogens with one attached hydrogen (secondary N) is 1. The monoisotopic (exact) mass is 300 g/mol. The normalized spacial score (nSPS) is 17.9. The van der Waals surface area contributed by atoms with Crippen molar-refractivity contribution in [3.8, 4) is 5.69 Å². The van der Waals surface area contributed by atoms with Crippen LogP contribution in [0.2, 0.25) is 5.02 Å². The third-order valence-corrected chi connectivity index (χ3v) is 4.12. The van der Waals surface area contributed by atoms with Crippen LogP contribution in [0.5, 0.6) is 0 Å². The van der Waals surface area contributed by atoms with Crippen LogP contribution >= 0.6 is 11.6 Å². The van der Waals surface area contributed by atoms with Gasteiger partial charge < -0.3 is 5.32 Å². The summed E-state index contributed by atoms with van der Waals surface area (Å²) < 4.78 is 3.22. The maximum absolute atomic E-state index is 12.9. The molecular formula is C15H13ClN4O. The average Bonchev–Trinajstić information content (AvgIpc) is 2.80. The van der Waals surface area contributed by atoms with Crippen molar-refractivity contribution >= 4 is 17.1 Å². The van der Waals surface area contributed by atoms with E-state index in [9.17, 15) is 4.79 Å². The summed E-state index contributed by atoms with van der Waals surface area (Å²) in [5.41, 5.74) is 1.07. The van der Waals surface area contributed by atoms with Crippen LogP contribution in [0.15, 0.2) is 47.4 Å². The van der Waals surface area contributed by atoms with E-state index in [0.717, 1.165) is 24.5 Å². The fourth-order valence-corrected chi connectivity index (χ4v) is 2.83. The van der Waals surface area contributed by atoms with E-state index in [4.69, 9.17) is 11.6 Å². The summed E-state index contributed by atoms with van der Waals surface area (Å²) in [5.74, 6) is 0.720. The lowest BCUT2D eigenvalue weighted by atomic mass is 10.1. The first-order chi connectivity index (χ1) is 10.3.